The first kappa shape index (κ1) is 10.8. The molecule has 1 aromatic carbocycles. The van der Waals surface area contributed by atoms with E-state index in [4.69, 9.17) is 4.55 Å². The zero-order valence-corrected chi connectivity index (χ0v) is 7.79. The van der Waals surface area contributed by atoms with Crippen molar-refractivity contribution in [1.82, 2.24) is 0 Å². The highest BCUT2D eigenvalue weighted by atomic mass is 32.2. The van der Waals surface area contributed by atoms with Gasteiger partial charge in [-0.05, 0) is 12.1 Å². The number of rotatable bonds is 3. The smallest absolute Gasteiger partial charge is 0.272 e. The molecule has 76 valence electrons. The van der Waals surface area contributed by atoms with Crippen LogP contribution in [0.25, 0.3) is 0 Å². The highest BCUT2D eigenvalue weighted by Gasteiger charge is 2.17. The van der Waals surface area contributed by atoms with Gasteiger partial charge in [0.2, 0.25) is 0 Å². The Hall–Kier alpha value is -1.27. The van der Waals surface area contributed by atoms with Crippen LogP contribution in [0.4, 0.5) is 4.39 Å². The molecule has 0 fully saturated rings. The number of hydrogen-bond donors (Lipinski definition) is 1. The number of Topliss-reactive ketones (excluding diaryl/α,β-unsaturated/α-hetero) is 1. The van der Waals surface area contributed by atoms with Crippen molar-refractivity contribution in [3.8, 4) is 0 Å². The summed E-state index contributed by atoms with van der Waals surface area (Å²) in [5, 5.41) is 0. The lowest BCUT2D eigenvalue weighted by Gasteiger charge is -1.99. The molecule has 0 bridgehead atoms. The van der Waals surface area contributed by atoms with E-state index in [0.717, 1.165) is 12.1 Å². The van der Waals surface area contributed by atoms with Gasteiger partial charge in [-0.3, -0.25) is 9.35 Å². The van der Waals surface area contributed by atoms with Crippen molar-refractivity contribution < 1.29 is 22.2 Å². The first-order valence-electron chi connectivity index (χ1n) is 3.63. The van der Waals surface area contributed by atoms with E-state index in [1.165, 1.54) is 12.1 Å². The molecular formula is C8H7FO4S. The van der Waals surface area contributed by atoms with Crippen LogP contribution in [0.3, 0.4) is 0 Å². The van der Waals surface area contributed by atoms with Crippen molar-refractivity contribution in [2.45, 2.75) is 0 Å². The topological polar surface area (TPSA) is 71.4 Å². The van der Waals surface area contributed by atoms with E-state index in [-0.39, 0.29) is 5.56 Å². The van der Waals surface area contributed by atoms with Gasteiger partial charge < -0.3 is 0 Å². The Labute approximate surface area is 80.1 Å². The molecule has 0 atom stereocenters. The van der Waals surface area contributed by atoms with Crippen LogP contribution in [0.5, 0.6) is 0 Å². The third-order valence-corrected chi connectivity index (χ3v) is 2.11. The molecule has 0 unspecified atom stereocenters. The molecule has 0 saturated heterocycles. The van der Waals surface area contributed by atoms with Crippen LogP contribution in [0, 0.1) is 5.82 Å². The van der Waals surface area contributed by atoms with Gasteiger partial charge in [0.1, 0.15) is 11.6 Å². The second-order valence-electron chi connectivity index (χ2n) is 2.63. The molecular weight excluding hydrogens is 211 g/mol. The van der Waals surface area contributed by atoms with Gasteiger partial charge in [-0.1, -0.05) is 12.1 Å². The predicted molar refractivity (Wildman–Crippen MR) is 47.1 cm³/mol. The largest absolute Gasteiger partial charge is 0.293 e. The Morgan fingerprint density at radius 1 is 1.36 bits per heavy atom. The Kier molecular flexibility index (Phi) is 2.97. The summed E-state index contributed by atoms with van der Waals surface area (Å²) in [4.78, 5) is 11.1. The fraction of sp³-hybridized carbons (Fsp3) is 0.125. The van der Waals surface area contributed by atoms with Gasteiger partial charge in [0.05, 0.1) is 5.56 Å². The van der Waals surface area contributed by atoms with E-state index < -0.39 is 27.5 Å². The molecule has 0 radical (unpaired) electrons. The molecule has 6 heteroatoms. The first-order chi connectivity index (χ1) is 6.40. The van der Waals surface area contributed by atoms with Crippen molar-refractivity contribution in [2.24, 2.45) is 0 Å². The minimum Gasteiger partial charge on any atom is -0.293 e. The van der Waals surface area contributed by atoms with Crippen LogP contribution in [0.1, 0.15) is 10.4 Å². The van der Waals surface area contributed by atoms with E-state index in [1.54, 1.807) is 0 Å². The second-order valence-corrected chi connectivity index (χ2v) is 4.08. The molecule has 0 aromatic heterocycles. The molecule has 14 heavy (non-hydrogen) atoms. The highest BCUT2D eigenvalue weighted by molar-refractivity contribution is 7.86. The van der Waals surface area contributed by atoms with Gasteiger partial charge >= 0.3 is 0 Å². The summed E-state index contributed by atoms with van der Waals surface area (Å²) < 4.78 is 42.0. The Morgan fingerprint density at radius 3 is 2.43 bits per heavy atom. The van der Waals surface area contributed by atoms with Gasteiger partial charge in [0.15, 0.2) is 5.78 Å². The first-order valence-corrected chi connectivity index (χ1v) is 5.24. The Balaban J connectivity index is 2.97. The Bertz CT molecular complexity index is 452. The highest BCUT2D eigenvalue weighted by Crippen LogP contribution is 2.07. The number of carbonyl (C=O) groups excluding carboxylic acids is 1. The van der Waals surface area contributed by atoms with Crippen molar-refractivity contribution in [3.63, 3.8) is 0 Å². The summed E-state index contributed by atoms with van der Waals surface area (Å²) in [6.45, 7) is 0. The average molecular weight is 218 g/mol. The van der Waals surface area contributed by atoms with E-state index >= 15 is 0 Å². The third-order valence-electron chi connectivity index (χ3n) is 1.49. The number of benzene rings is 1. The second kappa shape index (κ2) is 3.85. The number of hydrogen-bond acceptors (Lipinski definition) is 3. The van der Waals surface area contributed by atoms with Crippen LogP contribution in [0.2, 0.25) is 0 Å². The number of carbonyl (C=O) groups is 1. The lowest BCUT2D eigenvalue weighted by Crippen LogP contribution is -2.16. The molecule has 4 nitrogen and oxygen atoms in total. The summed E-state index contributed by atoms with van der Waals surface area (Å²) in [6.07, 6.45) is 0. The van der Waals surface area contributed by atoms with Crippen molar-refractivity contribution in [3.05, 3.63) is 35.6 Å². The quantitative estimate of drug-likeness (QED) is 0.604. The van der Waals surface area contributed by atoms with E-state index in [1.807, 2.05) is 0 Å². The van der Waals surface area contributed by atoms with Gasteiger partial charge in [-0.15, -0.1) is 0 Å². The third kappa shape index (κ3) is 2.90. The maximum absolute atomic E-state index is 12.9. The van der Waals surface area contributed by atoms with E-state index in [2.05, 4.69) is 0 Å². The molecule has 0 amide bonds. The minimum atomic E-state index is -4.40. The molecule has 0 spiro atoms. The molecule has 0 aliphatic heterocycles. The van der Waals surface area contributed by atoms with E-state index in [0.29, 0.717) is 0 Å². The molecule has 1 aromatic rings. The molecule has 0 aliphatic rings. The van der Waals surface area contributed by atoms with Crippen LogP contribution in [-0.4, -0.2) is 24.5 Å². The summed E-state index contributed by atoms with van der Waals surface area (Å²) in [7, 11) is -4.40. The summed E-state index contributed by atoms with van der Waals surface area (Å²) >= 11 is 0. The minimum absolute atomic E-state index is 0.342. The predicted octanol–water partition coefficient (Wildman–Crippen LogP) is 0.896. The molecule has 0 aliphatic carbocycles. The van der Waals surface area contributed by atoms with Crippen LogP contribution >= 0.6 is 0 Å². The zero-order chi connectivity index (χ0) is 10.8. The lowest BCUT2D eigenvalue weighted by atomic mass is 10.1. The number of halogens is 1. The lowest BCUT2D eigenvalue weighted by molar-refractivity contribution is 0.101. The zero-order valence-electron chi connectivity index (χ0n) is 6.97. The monoisotopic (exact) mass is 218 g/mol. The average Bonchev–Trinajstić information content (AvgIpc) is 2.01. The maximum Gasteiger partial charge on any atom is 0.272 e. The van der Waals surface area contributed by atoms with Crippen molar-refractivity contribution in [1.29, 1.82) is 0 Å². The maximum atomic E-state index is 12.9. The normalized spacial score (nSPS) is 11.3. The van der Waals surface area contributed by atoms with Crippen molar-refractivity contribution in [2.75, 3.05) is 5.75 Å². The molecule has 0 saturated carbocycles. The SMILES string of the molecule is O=C(CS(=O)(=O)O)c1ccccc1F. The van der Waals surface area contributed by atoms with Gasteiger partial charge in [0, 0.05) is 0 Å². The van der Waals surface area contributed by atoms with Crippen LogP contribution in [-0.2, 0) is 10.1 Å². The van der Waals surface area contributed by atoms with Crippen molar-refractivity contribution >= 4 is 15.9 Å². The fourth-order valence-electron chi connectivity index (χ4n) is 0.931. The fourth-order valence-corrected chi connectivity index (χ4v) is 1.42. The standard InChI is InChI=1S/C8H7FO4S/c9-7-4-2-1-3-6(7)8(10)5-14(11,12)13/h1-4H,5H2,(H,11,12,13). The van der Waals surface area contributed by atoms with Crippen LogP contribution in [0.15, 0.2) is 24.3 Å². The van der Waals surface area contributed by atoms with Gasteiger partial charge in [-0.2, -0.15) is 8.42 Å². The summed E-state index contributed by atoms with van der Waals surface area (Å²) in [6, 6.07) is 4.97. The van der Waals surface area contributed by atoms with Gasteiger partial charge in [0.25, 0.3) is 10.1 Å². The molecule has 0 heterocycles. The Morgan fingerprint density at radius 2 is 1.93 bits per heavy atom. The van der Waals surface area contributed by atoms with Gasteiger partial charge in [-0.25, -0.2) is 4.39 Å². The number of ketones is 1. The summed E-state index contributed by atoms with van der Waals surface area (Å²) in [5.74, 6) is -2.87. The van der Waals surface area contributed by atoms with E-state index in [9.17, 15) is 17.6 Å². The summed E-state index contributed by atoms with van der Waals surface area (Å²) in [5.41, 5.74) is -0.342. The van der Waals surface area contributed by atoms with Crippen LogP contribution < -0.4 is 0 Å². The molecule has 1 N–H and O–H groups in total. The molecule has 1 rings (SSSR count).